The van der Waals surface area contributed by atoms with Gasteiger partial charge in [-0.1, -0.05) is 18.2 Å². The Bertz CT molecular complexity index is 864. The van der Waals surface area contributed by atoms with Gasteiger partial charge in [-0.05, 0) is 26.8 Å². The van der Waals surface area contributed by atoms with Crippen LogP contribution in [-0.4, -0.2) is 45.9 Å². The quantitative estimate of drug-likeness (QED) is 0.787. The number of aromatic nitrogens is 1. The summed E-state index contributed by atoms with van der Waals surface area (Å²) in [6, 6.07) is 7.18. The molecule has 2 heterocycles. The summed E-state index contributed by atoms with van der Waals surface area (Å²) >= 11 is 1.25. The second-order valence-electron chi connectivity index (χ2n) is 6.83. The molecule has 1 aliphatic heterocycles. The molecule has 1 atom stereocenters. The third-order valence-electron chi connectivity index (χ3n) is 4.83. The second-order valence-corrected chi connectivity index (χ2v) is 7.86. The summed E-state index contributed by atoms with van der Waals surface area (Å²) in [7, 11) is 0. The van der Waals surface area contributed by atoms with Gasteiger partial charge in [0.05, 0.1) is 16.6 Å². The molecule has 3 amide bonds. The zero-order valence-electron chi connectivity index (χ0n) is 15.8. The van der Waals surface area contributed by atoms with Gasteiger partial charge in [0.15, 0.2) is 5.01 Å². The molecule has 4 N–H and O–H groups in total. The molecule has 2 aromatic rings. The molecule has 144 valence electrons. The molecule has 27 heavy (non-hydrogen) atoms. The van der Waals surface area contributed by atoms with Crippen LogP contribution in [0.25, 0.3) is 0 Å². The first-order valence-corrected chi connectivity index (χ1v) is 9.87. The maximum absolute atomic E-state index is 13.3. The number of hydrogen-bond donors (Lipinski definition) is 2. The lowest BCUT2D eigenvalue weighted by Crippen LogP contribution is -2.50. The predicted molar refractivity (Wildman–Crippen MR) is 107 cm³/mol. The van der Waals surface area contributed by atoms with Crippen LogP contribution < -0.4 is 11.5 Å². The van der Waals surface area contributed by atoms with Crippen molar-refractivity contribution < 1.29 is 9.59 Å². The van der Waals surface area contributed by atoms with Crippen LogP contribution in [0.3, 0.4) is 0 Å². The predicted octanol–water partition coefficient (Wildman–Crippen LogP) is 2.62. The Balaban J connectivity index is 2.12. The number of rotatable bonds is 4. The fourth-order valence-corrected chi connectivity index (χ4v) is 4.62. The minimum absolute atomic E-state index is 0.0413. The minimum Gasteiger partial charge on any atom is -0.398 e. The van der Waals surface area contributed by atoms with Gasteiger partial charge in [0.2, 0.25) is 0 Å². The Labute approximate surface area is 163 Å². The number of hydrogen-bond acceptors (Lipinski definition) is 5. The van der Waals surface area contributed by atoms with E-state index in [-0.39, 0.29) is 23.1 Å². The molecular weight excluding hydrogens is 362 g/mol. The molecule has 1 aromatic heterocycles. The van der Waals surface area contributed by atoms with Gasteiger partial charge in [-0.3, -0.25) is 4.79 Å². The standard InChI is InChI=1S/C19H25N5O2S/c1-4-23(11(2)3)19(26)24-10-9-14-16(27-18(22-14)17(21)25)15(24)12-7-5-6-8-13(12)20/h5-8,11,15H,4,9-10,20H2,1-3H3,(H2,21,25). The number of thiazole rings is 1. The summed E-state index contributed by atoms with van der Waals surface area (Å²) in [5.41, 5.74) is 13.9. The molecule has 0 spiro atoms. The summed E-state index contributed by atoms with van der Waals surface area (Å²) in [6.45, 7) is 7.10. The number of nitrogens with zero attached hydrogens (tertiary/aromatic N) is 3. The van der Waals surface area contributed by atoms with Gasteiger partial charge in [-0.15, -0.1) is 11.3 Å². The number of nitrogen functional groups attached to an aromatic ring is 1. The molecule has 0 bridgehead atoms. The van der Waals surface area contributed by atoms with Crippen LogP contribution in [0.2, 0.25) is 0 Å². The van der Waals surface area contributed by atoms with E-state index < -0.39 is 5.91 Å². The first kappa shape index (κ1) is 19.2. The number of nitrogens with two attached hydrogens (primary N) is 2. The second kappa shape index (κ2) is 7.56. The number of anilines is 1. The number of urea groups is 1. The maximum atomic E-state index is 13.3. The smallest absolute Gasteiger partial charge is 0.321 e. The number of carbonyl (C=O) groups is 2. The summed E-state index contributed by atoms with van der Waals surface area (Å²) < 4.78 is 0. The fraction of sp³-hybridized carbons (Fsp3) is 0.421. The number of primary amides is 1. The van der Waals surface area contributed by atoms with Gasteiger partial charge in [0.1, 0.15) is 0 Å². The monoisotopic (exact) mass is 387 g/mol. The topological polar surface area (TPSA) is 106 Å². The highest BCUT2D eigenvalue weighted by atomic mass is 32.1. The molecule has 7 nitrogen and oxygen atoms in total. The van der Waals surface area contributed by atoms with Crippen LogP contribution in [0, 0.1) is 0 Å². The lowest BCUT2D eigenvalue weighted by molar-refractivity contribution is 0.0999. The highest BCUT2D eigenvalue weighted by Gasteiger charge is 2.38. The van der Waals surface area contributed by atoms with E-state index in [1.165, 1.54) is 11.3 Å². The number of para-hydroxylation sites is 1. The Kier molecular flexibility index (Phi) is 5.36. The van der Waals surface area contributed by atoms with E-state index in [4.69, 9.17) is 11.5 Å². The van der Waals surface area contributed by atoms with Crippen molar-refractivity contribution in [1.29, 1.82) is 0 Å². The molecule has 0 saturated carbocycles. The van der Waals surface area contributed by atoms with Crippen LogP contribution in [0.1, 0.15) is 52.7 Å². The average molecular weight is 388 g/mol. The van der Waals surface area contributed by atoms with Crippen molar-refractivity contribution in [3.63, 3.8) is 0 Å². The van der Waals surface area contributed by atoms with Crippen molar-refractivity contribution >= 4 is 29.0 Å². The first-order valence-electron chi connectivity index (χ1n) is 9.06. The number of carbonyl (C=O) groups excluding carboxylic acids is 2. The van der Waals surface area contributed by atoms with Crippen LogP contribution in [0.4, 0.5) is 10.5 Å². The van der Waals surface area contributed by atoms with Crippen molar-refractivity contribution in [1.82, 2.24) is 14.8 Å². The van der Waals surface area contributed by atoms with Crippen molar-refractivity contribution in [3.8, 4) is 0 Å². The van der Waals surface area contributed by atoms with Gasteiger partial charge in [0.25, 0.3) is 5.91 Å². The molecule has 1 aliphatic rings. The molecule has 8 heteroatoms. The van der Waals surface area contributed by atoms with Gasteiger partial charge in [-0.25, -0.2) is 9.78 Å². The molecule has 3 rings (SSSR count). The third-order valence-corrected chi connectivity index (χ3v) is 6.00. The number of benzene rings is 1. The van der Waals surface area contributed by atoms with Crippen molar-refractivity contribution in [3.05, 3.63) is 45.4 Å². The van der Waals surface area contributed by atoms with E-state index in [9.17, 15) is 9.59 Å². The summed E-state index contributed by atoms with van der Waals surface area (Å²) in [4.78, 5) is 33.9. The molecule has 0 aliphatic carbocycles. The SMILES string of the molecule is CCN(C(=O)N1CCc2nc(C(N)=O)sc2C1c1ccccc1N)C(C)C. The molecule has 0 radical (unpaired) electrons. The normalized spacial score (nSPS) is 16.3. The maximum Gasteiger partial charge on any atom is 0.321 e. The zero-order chi connectivity index (χ0) is 19.7. The summed E-state index contributed by atoms with van der Waals surface area (Å²) in [5.74, 6) is -0.551. The van der Waals surface area contributed by atoms with Crippen LogP contribution in [-0.2, 0) is 6.42 Å². The van der Waals surface area contributed by atoms with Crippen molar-refractivity contribution in [2.45, 2.75) is 39.3 Å². The van der Waals surface area contributed by atoms with E-state index in [1.54, 1.807) is 0 Å². The highest BCUT2D eigenvalue weighted by molar-refractivity contribution is 7.13. The van der Waals surface area contributed by atoms with Crippen LogP contribution >= 0.6 is 11.3 Å². The Morgan fingerprint density at radius 1 is 1.37 bits per heavy atom. The number of fused-ring (bicyclic) bond motifs is 1. The summed E-state index contributed by atoms with van der Waals surface area (Å²) in [5, 5.41) is 0.269. The molecule has 1 aromatic carbocycles. The molecular formula is C19H25N5O2S. The van der Waals surface area contributed by atoms with Gasteiger partial charge in [-0.2, -0.15) is 0 Å². The Morgan fingerprint density at radius 2 is 2.07 bits per heavy atom. The van der Waals surface area contributed by atoms with E-state index in [0.717, 1.165) is 16.1 Å². The van der Waals surface area contributed by atoms with Crippen molar-refractivity contribution in [2.75, 3.05) is 18.8 Å². The van der Waals surface area contributed by atoms with E-state index in [0.29, 0.717) is 25.2 Å². The third kappa shape index (κ3) is 3.49. The number of amides is 3. The van der Waals surface area contributed by atoms with Crippen molar-refractivity contribution in [2.24, 2.45) is 5.73 Å². The Morgan fingerprint density at radius 3 is 2.67 bits per heavy atom. The average Bonchev–Trinajstić information content (AvgIpc) is 3.06. The molecule has 1 unspecified atom stereocenters. The molecule has 0 fully saturated rings. The largest absolute Gasteiger partial charge is 0.398 e. The lowest BCUT2D eigenvalue weighted by Gasteiger charge is -2.40. The van der Waals surface area contributed by atoms with E-state index >= 15 is 0 Å². The first-order chi connectivity index (χ1) is 12.8. The Hall–Kier alpha value is -2.61. The van der Waals surface area contributed by atoms with Crippen LogP contribution in [0.15, 0.2) is 24.3 Å². The van der Waals surface area contributed by atoms with Gasteiger partial charge >= 0.3 is 6.03 Å². The van der Waals surface area contributed by atoms with Gasteiger partial charge < -0.3 is 21.3 Å². The zero-order valence-corrected chi connectivity index (χ0v) is 16.6. The lowest BCUT2D eigenvalue weighted by atomic mass is 9.96. The fourth-order valence-electron chi connectivity index (χ4n) is 3.52. The minimum atomic E-state index is -0.551. The van der Waals surface area contributed by atoms with E-state index in [2.05, 4.69) is 4.98 Å². The molecule has 0 saturated heterocycles. The van der Waals surface area contributed by atoms with Gasteiger partial charge in [0, 0.05) is 36.8 Å². The van der Waals surface area contributed by atoms with E-state index in [1.807, 2.05) is 54.8 Å². The highest BCUT2D eigenvalue weighted by Crippen LogP contribution is 2.41. The van der Waals surface area contributed by atoms with Crippen LogP contribution in [0.5, 0.6) is 0 Å². The summed E-state index contributed by atoms with van der Waals surface area (Å²) in [6.07, 6.45) is 0.587.